The molecule has 2 aromatic carbocycles. The number of halogens is 2. The van der Waals surface area contributed by atoms with Gasteiger partial charge in [0.2, 0.25) is 5.91 Å². The van der Waals surface area contributed by atoms with Gasteiger partial charge in [-0.25, -0.2) is 4.39 Å². The molecule has 4 rings (SSSR count). The summed E-state index contributed by atoms with van der Waals surface area (Å²) in [6, 6.07) is 12.6. The van der Waals surface area contributed by atoms with E-state index in [4.69, 9.17) is 11.6 Å². The van der Waals surface area contributed by atoms with E-state index in [-0.39, 0.29) is 23.6 Å². The highest BCUT2D eigenvalue weighted by Crippen LogP contribution is 2.48. The van der Waals surface area contributed by atoms with Gasteiger partial charge in [0.25, 0.3) is 0 Å². The highest BCUT2D eigenvalue weighted by atomic mass is 35.5. The van der Waals surface area contributed by atoms with E-state index in [1.165, 1.54) is 18.9 Å². The van der Waals surface area contributed by atoms with Crippen molar-refractivity contribution in [2.24, 2.45) is 11.3 Å². The summed E-state index contributed by atoms with van der Waals surface area (Å²) in [5.74, 6) is -0.483. The minimum Gasteiger partial charge on any atom is -0.323 e. The van der Waals surface area contributed by atoms with E-state index < -0.39 is 0 Å². The molecule has 2 aromatic rings. The first kappa shape index (κ1) is 19.4. The maximum atomic E-state index is 14.4. The van der Waals surface area contributed by atoms with Gasteiger partial charge in [-0.05, 0) is 78.8 Å². The highest BCUT2D eigenvalue weighted by Gasteiger charge is 2.37. The lowest BCUT2D eigenvalue weighted by atomic mass is 9.84. The van der Waals surface area contributed by atoms with Gasteiger partial charge in [0, 0.05) is 5.02 Å². The van der Waals surface area contributed by atoms with Gasteiger partial charge in [-0.1, -0.05) is 49.6 Å². The quantitative estimate of drug-likeness (QED) is 0.572. The van der Waals surface area contributed by atoms with E-state index >= 15 is 0 Å². The SMILES string of the molecule is CC1(Cc2ccc(F)c(NC(=O)[C@@H](c3ccc(Cl)cc3)C3CCCC3)c2)CC1. The van der Waals surface area contributed by atoms with Crippen LogP contribution >= 0.6 is 11.6 Å². The van der Waals surface area contributed by atoms with Crippen LogP contribution in [0.2, 0.25) is 5.02 Å². The van der Waals surface area contributed by atoms with Gasteiger partial charge in [0.15, 0.2) is 0 Å². The standard InChI is InChI=1S/C24H27ClFNO/c1-24(12-13-24)15-16-6-11-20(26)21(14-16)27-23(28)22(17-4-2-3-5-17)18-7-9-19(25)10-8-18/h6-11,14,17,22H,2-5,12-13,15H2,1H3,(H,27,28)/t22-/m1/s1. The Balaban J connectivity index is 1.57. The van der Waals surface area contributed by atoms with Crippen molar-refractivity contribution >= 4 is 23.2 Å². The monoisotopic (exact) mass is 399 g/mol. The fourth-order valence-electron chi connectivity index (χ4n) is 4.47. The fraction of sp³-hybridized carbons (Fsp3) is 0.458. The van der Waals surface area contributed by atoms with Crippen LogP contribution in [-0.4, -0.2) is 5.91 Å². The van der Waals surface area contributed by atoms with Gasteiger partial charge in [-0.15, -0.1) is 0 Å². The summed E-state index contributed by atoms with van der Waals surface area (Å²) in [7, 11) is 0. The van der Waals surface area contributed by atoms with Crippen molar-refractivity contribution in [1.29, 1.82) is 0 Å². The normalized spacial score (nSPS) is 19.4. The number of benzene rings is 2. The van der Waals surface area contributed by atoms with Crippen LogP contribution in [0, 0.1) is 17.2 Å². The number of hydrogen-bond acceptors (Lipinski definition) is 1. The van der Waals surface area contributed by atoms with Crippen molar-refractivity contribution in [3.63, 3.8) is 0 Å². The molecule has 0 unspecified atom stereocenters. The number of carbonyl (C=O) groups is 1. The summed E-state index contributed by atoms with van der Waals surface area (Å²) in [4.78, 5) is 13.2. The molecule has 0 radical (unpaired) electrons. The topological polar surface area (TPSA) is 29.1 Å². The van der Waals surface area contributed by atoms with Gasteiger partial charge in [-0.2, -0.15) is 0 Å². The fourth-order valence-corrected chi connectivity index (χ4v) is 4.60. The van der Waals surface area contributed by atoms with Crippen molar-refractivity contribution in [3.05, 3.63) is 64.4 Å². The summed E-state index contributed by atoms with van der Waals surface area (Å²) in [6.45, 7) is 2.26. The number of nitrogens with one attached hydrogen (secondary N) is 1. The minimum atomic E-state index is -0.376. The van der Waals surface area contributed by atoms with Gasteiger partial charge in [0.1, 0.15) is 5.82 Å². The number of carbonyl (C=O) groups excluding carboxylic acids is 1. The second-order valence-corrected chi connectivity index (χ2v) is 9.30. The van der Waals surface area contributed by atoms with E-state index in [1.54, 1.807) is 0 Å². The summed E-state index contributed by atoms with van der Waals surface area (Å²) < 4.78 is 14.4. The highest BCUT2D eigenvalue weighted by molar-refractivity contribution is 6.30. The molecule has 2 aliphatic rings. The number of amides is 1. The first-order valence-corrected chi connectivity index (χ1v) is 10.7. The maximum absolute atomic E-state index is 14.4. The zero-order valence-corrected chi connectivity index (χ0v) is 17.1. The maximum Gasteiger partial charge on any atom is 0.232 e. The molecule has 4 heteroatoms. The number of anilines is 1. The molecule has 148 valence electrons. The Morgan fingerprint density at radius 3 is 2.50 bits per heavy atom. The van der Waals surface area contributed by atoms with Crippen molar-refractivity contribution in [2.75, 3.05) is 5.32 Å². The second-order valence-electron chi connectivity index (χ2n) is 8.86. The van der Waals surface area contributed by atoms with E-state index in [1.807, 2.05) is 36.4 Å². The summed E-state index contributed by atoms with van der Waals surface area (Å²) in [5.41, 5.74) is 2.68. The van der Waals surface area contributed by atoms with Gasteiger partial charge >= 0.3 is 0 Å². The molecule has 0 aliphatic heterocycles. The minimum absolute atomic E-state index is 0.122. The Morgan fingerprint density at radius 1 is 1.18 bits per heavy atom. The summed E-state index contributed by atoms with van der Waals surface area (Å²) in [6.07, 6.45) is 7.70. The average Bonchev–Trinajstić information content (AvgIpc) is 3.16. The van der Waals surface area contributed by atoms with Crippen LogP contribution in [0.25, 0.3) is 0 Å². The van der Waals surface area contributed by atoms with Crippen LogP contribution in [0.3, 0.4) is 0 Å². The summed E-state index contributed by atoms with van der Waals surface area (Å²) >= 11 is 6.03. The largest absolute Gasteiger partial charge is 0.323 e. The van der Waals surface area contributed by atoms with Crippen LogP contribution in [0.1, 0.15) is 62.5 Å². The predicted molar refractivity (Wildman–Crippen MR) is 112 cm³/mol. The zero-order valence-electron chi connectivity index (χ0n) is 16.3. The smallest absolute Gasteiger partial charge is 0.232 e. The van der Waals surface area contributed by atoms with Crippen LogP contribution in [0.4, 0.5) is 10.1 Å². The van der Waals surface area contributed by atoms with Crippen molar-refractivity contribution in [2.45, 2.75) is 57.8 Å². The Hall–Kier alpha value is -1.87. The lowest BCUT2D eigenvalue weighted by molar-refractivity contribution is -0.118. The average molecular weight is 400 g/mol. The van der Waals surface area contributed by atoms with Crippen LogP contribution in [0.5, 0.6) is 0 Å². The lowest BCUT2D eigenvalue weighted by Gasteiger charge is -2.23. The number of rotatable bonds is 6. The molecule has 28 heavy (non-hydrogen) atoms. The molecule has 2 nitrogen and oxygen atoms in total. The molecule has 2 aliphatic carbocycles. The Labute approximate surface area is 171 Å². The molecule has 2 saturated carbocycles. The molecule has 1 amide bonds. The van der Waals surface area contributed by atoms with E-state index in [2.05, 4.69) is 12.2 Å². The molecule has 1 atom stereocenters. The van der Waals surface area contributed by atoms with Gasteiger partial charge in [0.05, 0.1) is 11.6 Å². The van der Waals surface area contributed by atoms with Crippen LogP contribution in [0.15, 0.2) is 42.5 Å². The predicted octanol–water partition coefficient (Wildman–Crippen LogP) is 6.73. The Bertz CT molecular complexity index is 853. The molecular formula is C24H27ClFNO. The first-order valence-electron chi connectivity index (χ1n) is 10.3. The van der Waals surface area contributed by atoms with Crippen LogP contribution in [-0.2, 0) is 11.2 Å². The zero-order chi connectivity index (χ0) is 19.7. The molecule has 0 bridgehead atoms. The third-order valence-corrected chi connectivity index (χ3v) is 6.66. The summed E-state index contributed by atoms with van der Waals surface area (Å²) in [5, 5.41) is 3.55. The molecule has 1 N–H and O–H groups in total. The lowest BCUT2D eigenvalue weighted by Crippen LogP contribution is -2.27. The van der Waals surface area contributed by atoms with E-state index in [0.29, 0.717) is 16.1 Å². The van der Waals surface area contributed by atoms with Gasteiger partial charge in [-0.3, -0.25) is 4.79 Å². The second kappa shape index (κ2) is 7.87. The third kappa shape index (κ3) is 4.41. The Morgan fingerprint density at radius 2 is 1.86 bits per heavy atom. The molecular weight excluding hydrogens is 373 g/mol. The first-order chi connectivity index (χ1) is 13.4. The molecule has 0 heterocycles. The van der Waals surface area contributed by atoms with Crippen molar-refractivity contribution in [3.8, 4) is 0 Å². The molecule has 0 spiro atoms. The van der Waals surface area contributed by atoms with Crippen LogP contribution < -0.4 is 5.32 Å². The molecule has 0 saturated heterocycles. The third-order valence-electron chi connectivity index (χ3n) is 6.41. The van der Waals surface area contributed by atoms with Crippen molar-refractivity contribution in [1.82, 2.24) is 0 Å². The van der Waals surface area contributed by atoms with Crippen molar-refractivity contribution < 1.29 is 9.18 Å². The molecule has 2 fully saturated rings. The molecule has 0 aromatic heterocycles. The van der Waals surface area contributed by atoms with E-state index in [0.717, 1.165) is 43.2 Å². The Kier molecular flexibility index (Phi) is 5.46. The van der Waals surface area contributed by atoms with E-state index in [9.17, 15) is 9.18 Å². The van der Waals surface area contributed by atoms with Gasteiger partial charge < -0.3 is 5.32 Å². The number of hydrogen-bond donors (Lipinski definition) is 1.